The van der Waals surface area contributed by atoms with Gasteiger partial charge in [0.15, 0.2) is 0 Å². The van der Waals surface area contributed by atoms with E-state index in [0.717, 1.165) is 61.8 Å². The van der Waals surface area contributed by atoms with Crippen LogP contribution in [0.2, 0.25) is 0 Å². The Balaban J connectivity index is 1.16. The third-order valence-electron chi connectivity index (χ3n) is 13.3. The summed E-state index contributed by atoms with van der Waals surface area (Å²) in [6, 6.07) is 7.02. The van der Waals surface area contributed by atoms with Gasteiger partial charge in [-0.1, -0.05) is 26.8 Å². The van der Waals surface area contributed by atoms with Crippen molar-refractivity contribution < 1.29 is 28.0 Å². The third-order valence-corrected chi connectivity index (χ3v) is 14.2. The predicted molar refractivity (Wildman–Crippen MR) is 229 cm³/mol. The predicted octanol–water partition coefficient (Wildman–Crippen LogP) is 5.61. The minimum Gasteiger partial charge on any atom is -0.464 e. The summed E-state index contributed by atoms with van der Waals surface area (Å²) in [5, 5.41) is 8.47. The first kappa shape index (κ1) is 36.5. The molecule has 14 heteroatoms. The van der Waals surface area contributed by atoms with Crippen LogP contribution >= 0.6 is 11.3 Å². The van der Waals surface area contributed by atoms with Crippen LogP contribution < -0.4 is 15.6 Å². The van der Waals surface area contributed by atoms with Crippen LogP contribution in [0.4, 0.5) is 5.69 Å². The largest absolute Gasteiger partial charge is 0.464 e. The van der Waals surface area contributed by atoms with Crippen LogP contribution in [-0.4, -0.2) is 107 Å². The number of piperazine rings is 1. The Morgan fingerprint density at radius 2 is 1.95 bits per heavy atom. The molecule has 2 aliphatic carbocycles. The van der Waals surface area contributed by atoms with Crippen molar-refractivity contribution in [1.82, 2.24) is 35.2 Å². The summed E-state index contributed by atoms with van der Waals surface area (Å²) in [7, 11) is 1.68. The highest BCUT2D eigenvalue weighted by molar-refractivity contribution is 7.10. The molecule has 8 bridgehead atoms. The number of anilines is 1. The molecule has 2 N–H and O–H groups in total. The molecule has 0 spiro atoms. The highest BCUT2D eigenvalue weighted by Crippen LogP contribution is 2.44. The third kappa shape index (κ3) is 7.55. The van der Waals surface area contributed by atoms with Gasteiger partial charge in [-0.3, -0.25) is 24.4 Å². The number of methoxy groups -OCH3 is 1. The van der Waals surface area contributed by atoms with E-state index in [1.54, 1.807) is 17.0 Å². The van der Waals surface area contributed by atoms with Crippen LogP contribution in [0.3, 0.4) is 0 Å². The second-order valence-electron chi connectivity index (χ2n) is 18.1. The van der Waals surface area contributed by atoms with E-state index in [1.807, 2.05) is 25.4 Å². The highest BCUT2D eigenvalue weighted by atomic mass is 32.1. The van der Waals surface area contributed by atoms with Gasteiger partial charge in [0.25, 0.3) is 5.91 Å². The number of hydrogen-bond acceptors (Lipinski definition) is 11. The van der Waals surface area contributed by atoms with E-state index in [1.165, 1.54) is 11.3 Å². The van der Waals surface area contributed by atoms with Crippen molar-refractivity contribution >= 4 is 45.7 Å². The number of cyclic esters (lactones) is 1. The van der Waals surface area contributed by atoms with E-state index in [2.05, 4.69) is 65.2 Å². The number of thiazole rings is 1. The number of benzene rings is 1. The summed E-state index contributed by atoms with van der Waals surface area (Å²) in [4.78, 5) is 55.7. The van der Waals surface area contributed by atoms with Crippen LogP contribution in [0.5, 0.6) is 0 Å². The first-order chi connectivity index (χ1) is 29.5. The molecule has 3 aromatic heterocycles. The van der Waals surface area contributed by atoms with Gasteiger partial charge in [0.2, 0.25) is 5.91 Å². The van der Waals surface area contributed by atoms with Crippen LogP contribution in [0.1, 0.15) is 80.4 Å². The number of pyridine rings is 1. The van der Waals surface area contributed by atoms with E-state index >= 15 is 0 Å². The Morgan fingerprint density at radius 3 is 2.66 bits per heavy atom. The highest BCUT2D eigenvalue weighted by Gasteiger charge is 2.51. The molecular weight excluding hydrogens is 765 g/mol. The second kappa shape index (κ2) is 15.6. The number of nitrogens with one attached hydrogen (secondary N) is 2. The summed E-state index contributed by atoms with van der Waals surface area (Å²) < 4.78 is 38.3. The number of ether oxygens (including phenoxy) is 2. The maximum atomic E-state index is 14.4. The molecule has 13 nitrogen and oxygen atoms in total. The number of hydrogen-bond donors (Lipinski definition) is 2. The maximum absolute atomic E-state index is 14.4. The van der Waals surface area contributed by atoms with Gasteiger partial charge in [-0.05, 0) is 82.1 Å². The monoisotopic (exact) mass is 825 g/mol. The lowest BCUT2D eigenvalue weighted by molar-refractivity contribution is -0.171. The number of nitrogens with zero attached hydrogens (tertiary/aromatic N) is 6. The smallest absolute Gasteiger partial charge is 0.325 e. The maximum Gasteiger partial charge on any atom is 0.325 e. The minimum atomic E-state index is -2.14. The molecule has 4 aliphatic heterocycles. The molecule has 5 unspecified atom stereocenters. The molecule has 2 amide bonds. The molecule has 7 heterocycles. The number of likely N-dealkylation sites (N-methyl/N-ethyl adjacent to an activating group) is 1. The number of carbonyl (C=O) groups is 3. The lowest BCUT2D eigenvalue weighted by Crippen LogP contribution is -2.71. The lowest BCUT2D eigenvalue weighted by Gasteiger charge is -2.53. The summed E-state index contributed by atoms with van der Waals surface area (Å²) in [6.07, 6.45) is 4.51. The topological polar surface area (TPSA) is 134 Å². The Kier molecular flexibility index (Phi) is 9.64. The zero-order chi connectivity index (χ0) is 43.8. The van der Waals surface area contributed by atoms with E-state index in [9.17, 15) is 14.4 Å². The van der Waals surface area contributed by atoms with Crippen molar-refractivity contribution in [3.05, 3.63) is 52.1 Å². The summed E-state index contributed by atoms with van der Waals surface area (Å²) in [6.45, 7) is 11.0. The van der Waals surface area contributed by atoms with Crippen LogP contribution in [0.15, 0.2) is 35.8 Å². The summed E-state index contributed by atoms with van der Waals surface area (Å²) in [5.74, 6) is -0.540. The van der Waals surface area contributed by atoms with Crippen molar-refractivity contribution in [3.8, 4) is 22.5 Å². The molecule has 314 valence electrons. The number of aromatic nitrogens is 3. The lowest BCUT2D eigenvalue weighted by atomic mass is 9.73. The Bertz CT molecular complexity index is 2390. The van der Waals surface area contributed by atoms with Crippen molar-refractivity contribution in [1.29, 1.82) is 0 Å². The van der Waals surface area contributed by atoms with Gasteiger partial charge in [0.05, 0.1) is 46.7 Å². The SMILES string of the molecule is [2H]C([2H])([2H])N1CCN(c2cnc(C(C)OC)c(-c3c4c5cc(ccc5n3CC)-c3csc(n3)CC(NC(=O)C3CC3C)C(=O)N3NC(C(=O)OCC(C)(C)C4)C4CC3C4)c2)CC1. The fourth-order valence-corrected chi connectivity index (χ4v) is 10.4. The van der Waals surface area contributed by atoms with Gasteiger partial charge in [-0.15, -0.1) is 11.3 Å². The molecule has 10 rings (SSSR count). The van der Waals surface area contributed by atoms with E-state index < -0.39 is 24.5 Å². The van der Waals surface area contributed by atoms with Gasteiger partial charge in [-0.25, -0.2) is 10.4 Å². The molecule has 3 saturated heterocycles. The number of aryl methyl sites for hydroxylation is 1. The van der Waals surface area contributed by atoms with Crippen LogP contribution in [0, 0.1) is 23.2 Å². The van der Waals surface area contributed by atoms with Crippen molar-refractivity contribution in [2.75, 3.05) is 51.8 Å². The minimum absolute atomic E-state index is 0.0529. The van der Waals surface area contributed by atoms with Crippen LogP contribution in [0.25, 0.3) is 33.4 Å². The average Bonchev–Trinajstić information content (AvgIpc) is 3.66. The normalized spacial score (nSPS) is 28.5. The van der Waals surface area contributed by atoms with Gasteiger partial charge < -0.3 is 29.2 Å². The first-order valence-corrected chi connectivity index (χ1v) is 22.1. The van der Waals surface area contributed by atoms with Crippen LogP contribution in [-0.2, 0) is 43.2 Å². The summed E-state index contributed by atoms with van der Waals surface area (Å²) >= 11 is 1.47. The molecule has 1 aromatic carbocycles. The molecule has 4 aromatic rings. The van der Waals surface area contributed by atoms with Gasteiger partial charge in [-0.2, -0.15) is 0 Å². The molecule has 6 aliphatic rings. The van der Waals surface area contributed by atoms with E-state index in [-0.39, 0.29) is 60.7 Å². The van der Waals surface area contributed by atoms with Crippen molar-refractivity contribution in [3.63, 3.8) is 0 Å². The quantitative estimate of drug-likeness (QED) is 0.227. The molecule has 5 atom stereocenters. The Hall–Kier alpha value is -4.37. The number of carbonyl (C=O) groups excluding carboxylic acids is 3. The first-order valence-electron chi connectivity index (χ1n) is 22.7. The van der Waals surface area contributed by atoms with Crippen molar-refractivity contribution in [2.24, 2.45) is 23.2 Å². The van der Waals surface area contributed by atoms with Crippen molar-refractivity contribution in [2.45, 2.75) is 97.5 Å². The molecule has 59 heavy (non-hydrogen) atoms. The van der Waals surface area contributed by atoms with Gasteiger partial charge in [0, 0.05) is 95.2 Å². The number of rotatable bonds is 7. The zero-order valence-corrected chi connectivity index (χ0v) is 35.7. The van der Waals surface area contributed by atoms with E-state index in [0.29, 0.717) is 52.0 Å². The number of esters is 1. The number of fused-ring (bicyclic) bond motifs is 4. The fourth-order valence-electron chi connectivity index (χ4n) is 9.52. The standard InChI is InChI=1S/C45H58N8O5S/c1-8-52-37-10-9-27-18-32(37)34(41(52)33-19-30(22-46-39(33)26(3)57-7)51-13-11-50(6)12-14-51)21-45(4,5)24-58-44(56)40-28-16-29(17-28)53(49-40)43(55)35(20-38-47-36(27)23-59-38)48-42(54)31-15-25(31)2/h9-10,18-19,22-23,25-26,28-29,31,35,40,49H,8,11-17,20-21,24H2,1-7H3,(H,48,54)/i6D3. The second-order valence-corrected chi connectivity index (χ2v) is 19.1. The molecule has 0 radical (unpaired) electrons. The summed E-state index contributed by atoms with van der Waals surface area (Å²) in [5.41, 5.74) is 10.2. The fraction of sp³-hybridized carbons (Fsp3) is 0.578. The Morgan fingerprint density at radius 1 is 1.17 bits per heavy atom. The number of amides is 2. The molecule has 2 saturated carbocycles. The van der Waals surface area contributed by atoms with Gasteiger partial charge in [0.1, 0.15) is 12.1 Å². The number of hydrazine groups is 1. The zero-order valence-electron chi connectivity index (χ0n) is 37.9. The molecular formula is C45H58N8O5S. The van der Waals surface area contributed by atoms with E-state index in [4.69, 9.17) is 23.6 Å². The van der Waals surface area contributed by atoms with Gasteiger partial charge >= 0.3 is 5.97 Å². The Labute approximate surface area is 355 Å². The molecule has 5 fully saturated rings. The average molecular weight is 826 g/mol.